The number of ether oxygens (including phenoxy) is 2. The Balaban J connectivity index is 5.70. The molecule has 0 rings (SSSR count). The zero-order chi connectivity index (χ0) is 18.0. The first-order valence-electron chi connectivity index (χ1n) is 8.68. The molecule has 0 aromatic heterocycles. The van der Waals surface area contributed by atoms with Crippen LogP contribution in [0.2, 0.25) is 0 Å². The summed E-state index contributed by atoms with van der Waals surface area (Å²) in [7, 11) is 0. The van der Waals surface area contributed by atoms with Crippen molar-refractivity contribution in [1.29, 1.82) is 0 Å². The SMILES string of the molecule is CCCOC(=O)C(CC(C)C)=C(CC(C)(C)C)C(=O)OCCC. The van der Waals surface area contributed by atoms with Gasteiger partial charge in [0.25, 0.3) is 0 Å². The Morgan fingerprint density at radius 1 is 0.870 bits per heavy atom. The minimum atomic E-state index is -0.383. The van der Waals surface area contributed by atoms with Gasteiger partial charge in [-0.15, -0.1) is 0 Å². The van der Waals surface area contributed by atoms with Crippen LogP contribution in [0.5, 0.6) is 0 Å². The van der Waals surface area contributed by atoms with Crippen LogP contribution in [0.1, 0.15) is 74.1 Å². The lowest BCUT2D eigenvalue weighted by atomic mass is 9.84. The summed E-state index contributed by atoms with van der Waals surface area (Å²) in [6.07, 6.45) is 2.54. The molecule has 0 aromatic carbocycles. The third-order valence-electron chi connectivity index (χ3n) is 3.05. The Morgan fingerprint density at radius 3 is 1.65 bits per heavy atom. The van der Waals surface area contributed by atoms with Gasteiger partial charge in [0.05, 0.1) is 13.2 Å². The van der Waals surface area contributed by atoms with E-state index in [2.05, 4.69) is 0 Å². The Labute approximate surface area is 141 Å². The van der Waals surface area contributed by atoms with E-state index in [1.54, 1.807) is 0 Å². The molecule has 23 heavy (non-hydrogen) atoms. The zero-order valence-corrected chi connectivity index (χ0v) is 16.0. The van der Waals surface area contributed by atoms with E-state index in [0.29, 0.717) is 37.2 Å². The fourth-order valence-electron chi connectivity index (χ4n) is 2.13. The van der Waals surface area contributed by atoms with Gasteiger partial charge in [-0.2, -0.15) is 0 Å². The smallest absolute Gasteiger partial charge is 0.334 e. The highest BCUT2D eigenvalue weighted by Crippen LogP contribution is 2.29. The van der Waals surface area contributed by atoms with Gasteiger partial charge in [0.1, 0.15) is 0 Å². The first-order chi connectivity index (χ1) is 10.6. The molecule has 0 unspecified atom stereocenters. The van der Waals surface area contributed by atoms with E-state index in [0.717, 1.165) is 12.8 Å². The topological polar surface area (TPSA) is 52.6 Å². The Kier molecular flexibility index (Phi) is 9.85. The number of carbonyl (C=O) groups excluding carboxylic acids is 2. The lowest BCUT2D eigenvalue weighted by Crippen LogP contribution is -2.22. The highest BCUT2D eigenvalue weighted by Gasteiger charge is 2.27. The molecule has 0 aliphatic heterocycles. The number of esters is 2. The predicted octanol–water partition coefficient (Wildman–Crippen LogP) is 4.67. The molecule has 0 spiro atoms. The van der Waals surface area contributed by atoms with E-state index in [9.17, 15) is 9.59 Å². The van der Waals surface area contributed by atoms with Crippen LogP contribution in [0.25, 0.3) is 0 Å². The van der Waals surface area contributed by atoms with Gasteiger partial charge in [0.2, 0.25) is 0 Å². The van der Waals surface area contributed by atoms with Gasteiger partial charge < -0.3 is 9.47 Å². The van der Waals surface area contributed by atoms with Crippen LogP contribution < -0.4 is 0 Å². The second-order valence-corrected chi connectivity index (χ2v) is 7.56. The monoisotopic (exact) mass is 326 g/mol. The molecule has 4 nitrogen and oxygen atoms in total. The largest absolute Gasteiger partial charge is 0.462 e. The first-order valence-corrected chi connectivity index (χ1v) is 8.68. The van der Waals surface area contributed by atoms with Crippen molar-refractivity contribution in [1.82, 2.24) is 0 Å². The Bertz CT molecular complexity index is 414. The van der Waals surface area contributed by atoms with Crippen LogP contribution in [0.3, 0.4) is 0 Å². The van der Waals surface area contributed by atoms with Gasteiger partial charge in [-0.1, -0.05) is 48.5 Å². The van der Waals surface area contributed by atoms with E-state index in [-0.39, 0.29) is 23.3 Å². The quantitative estimate of drug-likeness (QED) is 0.456. The minimum absolute atomic E-state index is 0.117. The van der Waals surface area contributed by atoms with Crippen molar-refractivity contribution in [2.45, 2.75) is 74.1 Å². The summed E-state index contributed by atoms with van der Waals surface area (Å²) in [6.45, 7) is 14.8. The molecule has 0 aliphatic carbocycles. The van der Waals surface area contributed by atoms with Crippen molar-refractivity contribution < 1.29 is 19.1 Å². The average Bonchev–Trinajstić information content (AvgIpc) is 2.44. The molecule has 4 heteroatoms. The lowest BCUT2D eigenvalue weighted by molar-refractivity contribution is -0.142. The van der Waals surface area contributed by atoms with E-state index in [4.69, 9.17) is 9.47 Å². The number of hydrogen-bond donors (Lipinski definition) is 0. The molecule has 0 saturated carbocycles. The van der Waals surface area contributed by atoms with Crippen LogP contribution in [0.15, 0.2) is 11.1 Å². The summed E-state index contributed by atoms with van der Waals surface area (Å²) in [5.41, 5.74) is 0.832. The fraction of sp³-hybridized carbons (Fsp3) is 0.789. The van der Waals surface area contributed by atoms with Crippen molar-refractivity contribution in [2.24, 2.45) is 11.3 Å². The molecule has 134 valence electrons. The maximum atomic E-state index is 12.5. The van der Waals surface area contributed by atoms with Crippen molar-refractivity contribution in [3.8, 4) is 0 Å². The summed E-state index contributed by atoms with van der Waals surface area (Å²) >= 11 is 0. The van der Waals surface area contributed by atoms with Crippen LogP contribution in [0.4, 0.5) is 0 Å². The molecule has 0 heterocycles. The van der Waals surface area contributed by atoms with Crippen LogP contribution in [0, 0.1) is 11.3 Å². The second-order valence-electron chi connectivity index (χ2n) is 7.56. The maximum Gasteiger partial charge on any atom is 0.334 e. The Morgan fingerprint density at radius 2 is 1.30 bits per heavy atom. The standard InChI is InChI=1S/C19H34O4/c1-8-10-22-17(20)15(12-14(3)4)16(13-19(5,6)7)18(21)23-11-9-2/h14H,8-13H2,1-7H3. The molecular weight excluding hydrogens is 292 g/mol. The molecule has 0 atom stereocenters. The maximum absolute atomic E-state index is 12.5. The molecule has 0 aromatic rings. The second kappa shape index (κ2) is 10.5. The molecule has 0 aliphatic rings. The molecule has 0 radical (unpaired) electrons. The molecule has 0 saturated heterocycles. The molecule has 0 N–H and O–H groups in total. The average molecular weight is 326 g/mol. The summed E-state index contributed by atoms with van der Waals surface area (Å²) in [5.74, 6) is -0.507. The van der Waals surface area contributed by atoms with Crippen LogP contribution >= 0.6 is 0 Å². The number of rotatable bonds is 9. The normalized spacial score (nSPS) is 12.9. The van der Waals surface area contributed by atoms with Crippen molar-refractivity contribution in [2.75, 3.05) is 13.2 Å². The highest BCUT2D eigenvalue weighted by atomic mass is 16.5. The summed E-state index contributed by atoms with van der Waals surface area (Å²) in [4.78, 5) is 24.9. The van der Waals surface area contributed by atoms with Gasteiger partial charge in [-0.25, -0.2) is 9.59 Å². The van der Waals surface area contributed by atoms with Crippen LogP contribution in [-0.2, 0) is 19.1 Å². The summed E-state index contributed by atoms with van der Waals surface area (Å²) in [6, 6.07) is 0. The van der Waals surface area contributed by atoms with E-state index < -0.39 is 0 Å². The van der Waals surface area contributed by atoms with E-state index >= 15 is 0 Å². The predicted molar refractivity (Wildman–Crippen MR) is 93.1 cm³/mol. The molecule has 0 bridgehead atoms. The van der Waals surface area contributed by atoms with Gasteiger partial charge in [-0.05, 0) is 37.0 Å². The summed E-state index contributed by atoms with van der Waals surface area (Å²) in [5, 5.41) is 0. The summed E-state index contributed by atoms with van der Waals surface area (Å²) < 4.78 is 10.6. The number of carbonyl (C=O) groups is 2. The number of hydrogen-bond acceptors (Lipinski definition) is 4. The van der Waals surface area contributed by atoms with Crippen molar-refractivity contribution in [3.05, 3.63) is 11.1 Å². The Hall–Kier alpha value is -1.32. The van der Waals surface area contributed by atoms with Crippen LogP contribution in [-0.4, -0.2) is 25.2 Å². The van der Waals surface area contributed by atoms with Gasteiger partial charge in [-0.3, -0.25) is 0 Å². The van der Waals surface area contributed by atoms with E-state index in [1.807, 2.05) is 48.5 Å². The molecular formula is C19H34O4. The van der Waals surface area contributed by atoms with Gasteiger partial charge in [0.15, 0.2) is 0 Å². The van der Waals surface area contributed by atoms with Gasteiger partial charge in [0, 0.05) is 11.1 Å². The molecule has 0 amide bonds. The van der Waals surface area contributed by atoms with E-state index in [1.165, 1.54) is 0 Å². The third-order valence-corrected chi connectivity index (χ3v) is 3.05. The third kappa shape index (κ3) is 9.42. The molecule has 0 fully saturated rings. The first kappa shape index (κ1) is 21.7. The van der Waals surface area contributed by atoms with Gasteiger partial charge >= 0.3 is 11.9 Å². The van der Waals surface area contributed by atoms with Crippen molar-refractivity contribution in [3.63, 3.8) is 0 Å². The zero-order valence-electron chi connectivity index (χ0n) is 16.0. The lowest BCUT2D eigenvalue weighted by Gasteiger charge is -2.22. The minimum Gasteiger partial charge on any atom is -0.462 e. The highest BCUT2D eigenvalue weighted by molar-refractivity contribution is 6.00. The fourth-order valence-corrected chi connectivity index (χ4v) is 2.13. The van der Waals surface area contributed by atoms with Crippen molar-refractivity contribution >= 4 is 11.9 Å².